The highest BCUT2D eigenvalue weighted by molar-refractivity contribution is 5.86. The lowest BCUT2D eigenvalue weighted by atomic mass is 10.0. The fraction of sp³-hybridized carbons (Fsp3) is 0.377. The highest BCUT2D eigenvalue weighted by Crippen LogP contribution is 2.28. The molecule has 340 valence electrons. The maximum absolute atomic E-state index is 6.26. The van der Waals surface area contributed by atoms with Crippen LogP contribution in [0.3, 0.4) is 0 Å². The van der Waals surface area contributed by atoms with Crippen LogP contribution >= 0.6 is 0 Å². The Kier molecular flexibility index (Phi) is 20.6. The van der Waals surface area contributed by atoms with Crippen molar-refractivity contribution in [3.63, 3.8) is 0 Å². The standard InChI is InChI=1S/C61H74N2O2/c1-5-7-9-11-13-15-17-19-21-50-25-31-52(32-26-50)54-35-39-58(40-36-54)62-45-56-29-23-48(3)43-60(56)64-47-65-61-44-49(4)24-30-57(61)46-63-59-41-37-55(38-42-59)53-33-27-51(28-34-53)22-20-18-16-14-12-10-8-6-2/h23-46H,5-22,47H2,1-4H3. The first-order valence-electron chi connectivity index (χ1n) is 24.9. The van der Waals surface area contributed by atoms with Gasteiger partial charge in [-0.25, -0.2) is 0 Å². The van der Waals surface area contributed by atoms with Gasteiger partial charge in [-0.3, -0.25) is 9.98 Å². The molecule has 4 nitrogen and oxygen atoms in total. The SMILES string of the molecule is CCCCCCCCCCc1ccc(-c2ccc(N=Cc3ccc(C)cc3OCOc3cc(C)ccc3C=Nc3ccc(-c4ccc(CCCCCCCCCC)cc4)cc3)cc2)cc1. The van der Waals surface area contributed by atoms with Crippen LogP contribution < -0.4 is 9.47 Å². The van der Waals surface area contributed by atoms with Crippen LogP contribution in [0.15, 0.2) is 143 Å². The summed E-state index contributed by atoms with van der Waals surface area (Å²) in [5.74, 6) is 1.44. The first-order valence-corrected chi connectivity index (χ1v) is 24.9. The number of rotatable bonds is 28. The average molecular weight is 867 g/mol. The number of ether oxygens (including phenoxy) is 2. The third-order valence-corrected chi connectivity index (χ3v) is 12.4. The zero-order valence-corrected chi connectivity index (χ0v) is 40.0. The van der Waals surface area contributed by atoms with E-state index in [9.17, 15) is 0 Å². The van der Waals surface area contributed by atoms with Gasteiger partial charge in [0.25, 0.3) is 0 Å². The molecule has 0 aliphatic rings. The Bertz CT molecular complexity index is 2160. The van der Waals surface area contributed by atoms with Gasteiger partial charge in [0.05, 0.1) is 11.4 Å². The van der Waals surface area contributed by atoms with Gasteiger partial charge in [0, 0.05) is 23.6 Å². The molecule has 0 aliphatic heterocycles. The second kappa shape index (κ2) is 27.6. The third-order valence-electron chi connectivity index (χ3n) is 12.4. The first-order chi connectivity index (χ1) is 32.0. The lowest BCUT2D eigenvalue weighted by molar-refractivity contribution is 0.119. The molecule has 0 aliphatic carbocycles. The molecular formula is C61H74N2O2. The summed E-state index contributed by atoms with van der Waals surface area (Å²) in [6.07, 6.45) is 27.7. The van der Waals surface area contributed by atoms with Gasteiger partial charge in [-0.05, 0) is 133 Å². The fourth-order valence-corrected chi connectivity index (χ4v) is 8.32. The lowest BCUT2D eigenvalue weighted by Crippen LogP contribution is -2.08. The monoisotopic (exact) mass is 867 g/mol. The van der Waals surface area contributed by atoms with Crippen molar-refractivity contribution in [2.75, 3.05) is 6.79 Å². The molecule has 6 aromatic carbocycles. The van der Waals surface area contributed by atoms with Crippen LogP contribution in [-0.2, 0) is 12.8 Å². The summed E-state index contributed by atoms with van der Waals surface area (Å²) in [4.78, 5) is 9.63. The van der Waals surface area contributed by atoms with E-state index in [2.05, 4.69) is 137 Å². The number of aryl methyl sites for hydroxylation is 4. The van der Waals surface area contributed by atoms with Gasteiger partial charge in [0.2, 0.25) is 6.79 Å². The molecule has 0 unspecified atom stereocenters. The Balaban J connectivity index is 0.975. The maximum Gasteiger partial charge on any atom is 0.230 e. The first kappa shape index (κ1) is 48.7. The van der Waals surface area contributed by atoms with Crippen LogP contribution in [0, 0.1) is 13.8 Å². The minimum Gasteiger partial charge on any atom is -0.457 e. The number of hydrogen-bond acceptors (Lipinski definition) is 4. The number of hydrogen-bond donors (Lipinski definition) is 0. The molecule has 0 heterocycles. The van der Waals surface area contributed by atoms with Crippen LogP contribution in [-0.4, -0.2) is 19.2 Å². The number of benzene rings is 6. The zero-order chi connectivity index (χ0) is 45.3. The van der Waals surface area contributed by atoms with E-state index in [-0.39, 0.29) is 6.79 Å². The largest absolute Gasteiger partial charge is 0.457 e. The number of aliphatic imine (C=N–C) groups is 2. The van der Waals surface area contributed by atoms with Crippen LogP contribution in [0.4, 0.5) is 11.4 Å². The Morgan fingerprint density at radius 3 is 1.05 bits per heavy atom. The molecule has 65 heavy (non-hydrogen) atoms. The molecule has 0 spiro atoms. The molecule has 0 bridgehead atoms. The Morgan fingerprint density at radius 2 is 0.692 bits per heavy atom. The highest BCUT2D eigenvalue weighted by atomic mass is 16.7. The second-order valence-electron chi connectivity index (χ2n) is 17.9. The summed E-state index contributed by atoms with van der Waals surface area (Å²) in [7, 11) is 0. The van der Waals surface area contributed by atoms with Gasteiger partial charge in [0.1, 0.15) is 11.5 Å². The van der Waals surface area contributed by atoms with Crippen LogP contribution in [0.5, 0.6) is 11.5 Å². The van der Waals surface area contributed by atoms with Crippen molar-refractivity contribution >= 4 is 23.8 Å². The van der Waals surface area contributed by atoms with Crippen molar-refractivity contribution < 1.29 is 9.47 Å². The van der Waals surface area contributed by atoms with E-state index in [1.54, 1.807) is 0 Å². The Hall–Kier alpha value is -5.74. The van der Waals surface area contributed by atoms with Crippen LogP contribution in [0.2, 0.25) is 0 Å². The highest BCUT2D eigenvalue weighted by Gasteiger charge is 2.08. The van der Waals surface area contributed by atoms with Crippen molar-refractivity contribution in [2.24, 2.45) is 9.98 Å². The van der Waals surface area contributed by atoms with Gasteiger partial charge >= 0.3 is 0 Å². The van der Waals surface area contributed by atoms with Crippen molar-refractivity contribution in [3.05, 3.63) is 167 Å². The van der Waals surface area contributed by atoms with Crippen molar-refractivity contribution in [2.45, 2.75) is 143 Å². The van der Waals surface area contributed by atoms with Gasteiger partial charge in [-0.1, -0.05) is 189 Å². The van der Waals surface area contributed by atoms with Crippen LogP contribution in [0.25, 0.3) is 22.3 Å². The summed E-state index contributed by atoms with van der Waals surface area (Å²) < 4.78 is 12.5. The molecular weight excluding hydrogens is 793 g/mol. The van der Waals surface area contributed by atoms with E-state index in [4.69, 9.17) is 19.5 Å². The molecule has 0 N–H and O–H groups in total. The van der Waals surface area contributed by atoms with Gasteiger partial charge in [-0.2, -0.15) is 0 Å². The van der Waals surface area contributed by atoms with Crippen molar-refractivity contribution in [1.82, 2.24) is 0 Å². The van der Waals surface area contributed by atoms with Gasteiger partial charge < -0.3 is 9.47 Å². The summed E-state index contributed by atoms with van der Waals surface area (Å²) >= 11 is 0. The van der Waals surface area contributed by atoms with E-state index < -0.39 is 0 Å². The average Bonchev–Trinajstić information content (AvgIpc) is 3.33. The summed E-state index contributed by atoms with van der Waals surface area (Å²) in [5, 5.41) is 0. The quantitative estimate of drug-likeness (QED) is 0.0280. The predicted molar refractivity (Wildman–Crippen MR) is 279 cm³/mol. The Labute approximate surface area is 392 Å². The number of unbranched alkanes of at least 4 members (excludes halogenated alkanes) is 14. The predicted octanol–water partition coefficient (Wildman–Crippen LogP) is 17.9. The minimum absolute atomic E-state index is 0.0494. The zero-order valence-electron chi connectivity index (χ0n) is 40.0. The normalized spacial score (nSPS) is 11.5. The Morgan fingerprint density at radius 1 is 0.369 bits per heavy atom. The molecule has 4 heteroatoms. The van der Waals surface area contributed by atoms with E-state index >= 15 is 0 Å². The third kappa shape index (κ3) is 17.0. The molecule has 6 rings (SSSR count). The van der Waals surface area contributed by atoms with Gasteiger partial charge in [0.15, 0.2) is 0 Å². The smallest absolute Gasteiger partial charge is 0.230 e. The number of nitrogens with zero attached hydrogens (tertiary/aromatic N) is 2. The summed E-state index contributed by atoms with van der Waals surface area (Å²) in [6, 6.07) is 47.3. The molecule has 0 amide bonds. The van der Waals surface area contributed by atoms with E-state index in [0.717, 1.165) is 58.0 Å². The van der Waals surface area contributed by atoms with E-state index in [1.807, 2.05) is 36.7 Å². The maximum atomic E-state index is 6.26. The molecule has 0 fully saturated rings. The molecule has 0 radical (unpaired) electrons. The van der Waals surface area contributed by atoms with E-state index in [1.165, 1.54) is 136 Å². The minimum atomic E-state index is 0.0494. The molecule has 6 aromatic rings. The van der Waals surface area contributed by atoms with Gasteiger partial charge in [-0.15, -0.1) is 0 Å². The molecule has 0 saturated carbocycles. The molecule has 0 saturated heterocycles. The lowest BCUT2D eigenvalue weighted by Gasteiger charge is -2.13. The van der Waals surface area contributed by atoms with Crippen molar-refractivity contribution in [1.29, 1.82) is 0 Å². The second-order valence-corrected chi connectivity index (χ2v) is 17.9. The topological polar surface area (TPSA) is 43.2 Å². The van der Waals surface area contributed by atoms with Crippen molar-refractivity contribution in [3.8, 4) is 33.8 Å². The van der Waals surface area contributed by atoms with Crippen LogP contribution in [0.1, 0.15) is 150 Å². The summed E-state index contributed by atoms with van der Waals surface area (Å²) in [5.41, 5.74) is 13.5. The molecule has 0 aromatic heterocycles. The summed E-state index contributed by atoms with van der Waals surface area (Å²) in [6.45, 7) is 8.74. The fourth-order valence-electron chi connectivity index (χ4n) is 8.32. The molecule has 0 atom stereocenters. The van der Waals surface area contributed by atoms with E-state index in [0.29, 0.717) is 0 Å².